The Morgan fingerprint density at radius 2 is 1.75 bits per heavy atom. The maximum Gasteiger partial charge on any atom is 0.179 e. The van der Waals surface area contributed by atoms with E-state index in [0.717, 1.165) is 22.3 Å². The van der Waals surface area contributed by atoms with Gasteiger partial charge < -0.3 is 14.6 Å². The molecule has 4 heteroatoms. The van der Waals surface area contributed by atoms with Crippen molar-refractivity contribution in [3.8, 4) is 11.4 Å². The molecule has 4 nitrogen and oxygen atoms in total. The van der Waals surface area contributed by atoms with Crippen LogP contribution in [0.3, 0.4) is 0 Å². The fraction of sp³-hybridized carbons (Fsp3) is 0.250. The van der Waals surface area contributed by atoms with E-state index in [1.807, 2.05) is 32.0 Å². The first-order valence-electron chi connectivity index (χ1n) is 7.97. The molecule has 0 aliphatic rings. The molecule has 24 heavy (non-hydrogen) atoms. The number of phenols is 1. The average molecular weight is 322 g/mol. The van der Waals surface area contributed by atoms with Gasteiger partial charge in [0.2, 0.25) is 0 Å². The van der Waals surface area contributed by atoms with Gasteiger partial charge in [0.1, 0.15) is 5.75 Å². The normalized spacial score (nSPS) is 11.4. The second-order valence-electron chi connectivity index (χ2n) is 6.49. The Kier molecular flexibility index (Phi) is 4.16. The van der Waals surface area contributed by atoms with Gasteiger partial charge in [-0.2, -0.15) is 0 Å². The van der Waals surface area contributed by atoms with Crippen LogP contribution in [0.4, 0.5) is 0 Å². The summed E-state index contributed by atoms with van der Waals surface area (Å²) in [6.07, 6.45) is 0. The van der Waals surface area contributed by atoms with E-state index in [1.54, 1.807) is 12.1 Å². The van der Waals surface area contributed by atoms with E-state index in [2.05, 4.69) is 35.8 Å². The number of carbonyl (C=O) groups excluding carboxylic acids is 1. The van der Waals surface area contributed by atoms with Gasteiger partial charge in [0.05, 0.1) is 12.1 Å². The first-order valence-corrected chi connectivity index (χ1v) is 7.97. The van der Waals surface area contributed by atoms with Gasteiger partial charge in [-0.15, -0.1) is 0 Å². The van der Waals surface area contributed by atoms with Gasteiger partial charge in [-0.3, -0.25) is 4.79 Å². The maximum absolute atomic E-state index is 12.8. The van der Waals surface area contributed by atoms with Crippen LogP contribution in [0.5, 0.6) is 5.75 Å². The first kappa shape index (κ1) is 16.3. The van der Waals surface area contributed by atoms with Gasteiger partial charge in [0.25, 0.3) is 0 Å². The summed E-state index contributed by atoms with van der Waals surface area (Å²) in [5.41, 5.74) is 4.70. The molecule has 3 aromatic rings. The molecular formula is C20H22N2O2. The highest BCUT2D eigenvalue weighted by atomic mass is 16.3. The molecule has 2 aromatic carbocycles. The minimum Gasteiger partial charge on any atom is -0.508 e. The zero-order valence-corrected chi connectivity index (χ0v) is 14.5. The second kappa shape index (κ2) is 6.13. The van der Waals surface area contributed by atoms with E-state index in [9.17, 15) is 9.90 Å². The number of carbonyl (C=O) groups is 1. The molecule has 0 saturated carbocycles. The van der Waals surface area contributed by atoms with Gasteiger partial charge in [0.15, 0.2) is 5.78 Å². The molecule has 0 atom stereocenters. The van der Waals surface area contributed by atoms with Gasteiger partial charge in [-0.25, -0.2) is 0 Å². The molecular weight excluding hydrogens is 300 g/mol. The lowest BCUT2D eigenvalue weighted by Crippen LogP contribution is -2.22. The van der Waals surface area contributed by atoms with E-state index in [4.69, 9.17) is 0 Å². The molecule has 0 amide bonds. The lowest BCUT2D eigenvalue weighted by molar-refractivity contribution is 0.0959. The third-order valence-electron chi connectivity index (χ3n) is 4.22. The highest BCUT2D eigenvalue weighted by molar-refractivity contribution is 6.11. The van der Waals surface area contributed by atoms with Crippen LogP contribution in [0, 0.1) is 13.8 Å². The SMILES string of the molecule is Cc1ccc(-n2c(C)c(C(=O)CN(C)C)c3cc(O)ccc32)cc1. The quantitative estimate of drug-likeness (QED) is 0.745. The van der Waals surface area contributed by atoms with Crippen molar-refractivity contribution in [1.29, 1.82) is 0 Å². The minimum atomic E-state index is 0.0546. The van der Waals surface area contributed by atoms with Crippen LogP contribution < -0.4 is 0 Å². The molecule has 0 aliphatic carbocycles. The van der Waals surface area contributed by atoms with E-state index in [0.29, 0.717) is 12.1 Å². The Bertz CT molecular complexity index is 906. The number of ketones is 1. The lowest BCUT2D eigenvalue weighted by Gasteiger charge is -2.10. The molecule has 0 spiro atoms. The number of aromatic hydroxyl groups is 1. The molecule has 3 rings (SSSR count). The molecule has 1 N–H and O–H groups in total. The lowest BCUT2D eigenvalue weighted by atomic mass is 10.1. The molecule has 0 bridgehead atoms. The number of hydrogen-bond donors (Lipinski definition) is 1. The molecule has 1 heterocycles. The summed E-state index contributed by atoms with van der Waals surface area (Å²) < 4.78 is 2.08. The van der Waals surface area contributed by atoms with Gasteiger partial charge >= 0.3 is 0 Å². The van der Waals surface area contributed by atoms with Crippen LogP contribution >= 0.6 is 0 Å². The molecule has 0 radical (unpaired) electrons. The predicted octanol–water partition coefficient (Wildman–Crippen LogP) is 3.70. The number of rotatable bonds is 4. The number of benzene rings is 2. The number of nitrogens with zero attached hydrogens (tertiary/aromatic N) is 2. The number of fused-ring (bicyclic) bond motifs is 1. The topological polar surface area (TPSA) is 45.5 Å². The zero-order valence-electron chi connectivity index (χ0n) is 14.5. The van der Waals surface area contributed by atoms with Crippen LogP contribution in [0.1, 0.15) is 21.6 Å². The summed E-state index contributed by atoms with van der Waals surface area (Å²) in [7, 11) is 3.76. The van der Waals surface area contributed by atoms with Gasteiger partial charge in [-0.1, -0.05) is 17.7 Å². The largest absolute Gasteiger partial charge is 0.508 e. The van der Waals surface area contributed by atoms with Gasteiger partial charge in [-0.05, 0) is 58.3 Å². The maximum atomic E-state index is 12.8. The third kappa shape index (κ3) is 2.81. The van der Waals surface area contributed by atoms with E-state index in [-0.39, 0.29) is 11.5 Å². The van der Waals surface area contributed by atoms with Crippen molar-refractivity contribution in [2.45, 2.75) is 13.8 Å². The third-order valence-corrected chi connectivity index (χ3v) is 4.22. The van der Waals surface area contributed by atoms with Crippen LogP contribution in [0.2, 0.25) is 0 Å². The fourth-order valence-corrected chi connectivity index (χ4v) is 3.15. The highest BCUT2D eigenvalue weighted by Gasteiger charge is 2.21. The number of aromatic nitrogens is 1. The zero-order chi connectivity index (χ0) is 17.4. The Labute approximate surface area is 141 Å². The van der Waals surface area contributed by atoms with Crippen molar-refractivity contribution < 1.29 is 9.90 Å². The molecule has 124 valence electrons. The fourth-order valence-electron chi connectivity index (χ4n) is 3.15. The standard InChI is InChI=1S/C20H22N2O2/c1-13-5-7-15(8-6-13)22-14(2)20(19(24)12-21(3)4)17-11-16(23)9-10-18(17)22/h5-11,23H,12H2,1-4H3. The Balaban J connectivity index is 2.28. The summed E-state index contributed by atoms with van der Waals surface area (Å²) in [4.78, 5) is 14.6. The molecule has 0 unspecified atom stereocenters. The Hall–Kier alpha value is -2.59. The summed E-state index contributed by atoms with van der Waals surface area (Å²) in [6, 6.07) is 13.4. The van der Waals surface area contributed by atoms with Crippen molar-refractivity contribution in [2.24, 2.45) is 0 Å². The summed E-state index contributed by atoms with van der Waals surface area (Å²) in [5, 5.41) is 10.7. The van der Waals surface area contributed by atoms with Crippen molar-refractivity contribution in [1.82, 2.24) is 9.47 Å². The summed E-state index contributed by atoms with van der Waals surface area (Å²) >= 11 is 0. The van der Waals surface area contributed by atoms with Crippen LogP contribution in [-0.4, -0.2) is 41.0 Å². The first-order chi connectivity index (χ1) is 11.4. The average Bonchev–Trinajstić information content (AvgIpc) is 2.79. The molecule has 1 aromatic heterocycles. The summed E-state index contributed by atoms with van der Waals surface area (Å²) in [5.74, 6) is 0.224. The smallest absolute Gasteiger partial charge is 0.179 e. The Morgan fingerprint density at radius 1 is 1.08 bits per heavy atom. The van der Waals surface area contributed by atoms with E-state index < -0.39 is 0 Å². The van der Waals surface area contributed by atoms with Crippen molar-refractivity contribution in [3.05, 3.63) is 59.3 Å². The number of phenolic OH excluding ortho intramolecular Hbond substituents is 1. The number of hydrogen-bond acceptors (Lipinski definition) is 3. The van der Waals surface area contributed by atoms with Crippen LogP contribution in [-0.2, 0) is 0 Å². The molecule has 0 fully saturated rings. The summed E-state index contributed by atoms with van der Waals surface area (Å²) in [6.45, 7) is 4.35. The van der Waals surface area contributed by atoms with E-state index >= 15 is 0 Å². The number of aryl methyl sites for hydroxylation is 1. The monoisotopic (exact) mass is 322 g/mol. The van der Waals surface area contributed by atoms with Crippen LogP contribution in [0.15, 0.2) is 42.5 Å². The highest BCUT2D eigenvalue weighted by Crippen LogP contribution is 2.32. The predicted molar refractivity (Wildman–Crippen MR) is 97.3 cm³/mol. The van der Waals surface area contributed by atoms with Gasteiger partial charge in [0, 0.05) is 22.3 Å². The molecule has 0 aliphatic heterocycles. The minimum absolute atomic E-state index is 0.0546. The Morgan fingerprint density at radius 3 is 2.38 bits per heavy atom. The second-order valence-corrected chi connectivity index (χ2v) is 6.49. The number of Topliss-reactive ketones (excluding diaryl/α,β-unsaturated/α-hetero) is 1. The van der Waals surface area contributed by atoms with E-state index in [1.165, 1.54) is 5.56 Å². The molecule has 0 saturated heterocycles. The van der Waals surface area contributed by atoms with Crippen LogP contribution in [0.25, 0.3) is 16.6 Å². The van der Waals surface area contributed by atoms with Crippen molar-refractivity contribution >= 4 is 16.7 Å². The van der Waals surface area contributed by atoms with Crippen molar-refractivity contribution in [2.75, 3.05) is 20.6 Å². The number of likely N-dealkylation sites (N-methyl/N-ethyl adjacent to an activating group) is 1. The van der Waals surface area contributed by atoms with Crippen molar-refractivity contribution in [3.63, 3.8) is 0 Å².